The highest BCUT2D eigenvalue weighted by Crippen LogP contribution is 2.03. The Morgan fingerprint density at radius 2 is 1.88 bits per heavy atom. The van der Waals surface area contributed by atoms with Crippen LogP contribution in [0.25, 0.3) is 0 Å². The van der Waals surface area contributed by atoms with E-state index < -0.39 is 0 Å². The SMILES string of the molecule is OCc1cc[n+](Cc2ccccc2)cc1F. The zero-order valence-electron chi connectivity index (χ0n) is 8.81. The monoisotopic (exact) mass is 218 g/mol. The Bertz CT molecular complexity index is 471. The number of pyridine rings is 1. The molecule has 16 heavy (non-hydrogen) atoms. The lowest BCUT2D eigenvalue weighted by Gasteiger charge is -2.00. The average Bonchev–Trinajstić information content (AvgIpc) is 2.31. The molecule has 82 valence electrons. The minimum absolute atomic E-state index is 0.266. The predicted molar refractivity (Wildman–Crippen MR) is 58.1 cm³/mol. The van der Waals surface area contributed by atoms with Crippen LogP contribution in [0.4, 0.5) is 4.39 Å². The van der Waals surface area contributed by atoms with Crippen LogP contribution in [0.5, 0.6) is 0 Å². The van der Waals surface area contributed by atoms with Crippen LogP contribution >= 0.6 is 0 Å². The van der Waals surface area contributed by atoms with Gasteiger partial charge in [0.25, 0.3) is 0 Å². The van der Waals surface area contributed by atoms with Crippen molar-refractivity contribution < 1.29 is 14.1 Å². The minimum Gasteiger partial charge on any atom is -0.392 e. The molecule has 0 aliphatic rings. The van der Waals surface area contributed by atoms with Crippen LogP contribution in [0.3, 0.4) is 0 Å². The van der Waals surface area contributed by atoms with Crippen LogP contribution in [0.2, 0.25) is 0 Å². The topological polar surface area (TPSA) is 24.1 Å². The molecular formula is C13H13FNO+. The van der Waals surface area contributed by atoms with Crippen molar-refractivity contribution in [3.05, 3.63) is 65.7 Å². The van der Waals surface area contributed by atoms with E-state index in [1.807, 2.05) is 30.3 Å². The van der Waals surface area contributed by atoms with E-state index in [0.717, 1.165) is 5.56 Å². The Hall–Kier alpha value is -1.74. The zero-order valence-corrected chi connectivity index (χ0v) is 8.81. The van der Waals surface area contributed by atoms with E-state index in [-0.39, 0.29) is 12.4 Å². The number of rotatable bonds is 3. The summed E-state index contributed by atoms with van der Waals surface area (Å²) in [5.41, 5.74) is 1.44. The van der Waals surface area contributed by atoms with Gasteiger partial charge in [-0.15, -0.1) is 0 Å². The Balaban J connectivity index is 2.20. The van der Waals surface area contributed by atoms with E-state index in [1.165, 1.54) is 6.20 Å². The molecule has 3 heteroatoms. The fourth-order valence-corrected chi connectivity index (χ4v) is 1.56. The van der Waals surface area contributed by atoms with Gasteiger partial charge in [0.1, 0.15) is 0 Å². The summed E-state index contributed by atoms with van der Waals surface area (Å²) in [5.74, 6) is -0.374. The quantitative estimate of drug-likeness (QED) is 0.778. The van der Waals surface area contributed by atoms with E-state index in [2.05, 4.69) is 0 Å². The lowest BCUT2D eigenvalue weighted by atomic mass is 10.2. The Labute approximate surface area is 93.6 Å². The van der Waals surface area contributed by atoms with Gasteiger partial charge in [-0.05, 0) is 0 Å². The smallest absolute Gasteiger partial charge is 0.205 e. The van der Waals surface area contributed by atoms with Crippen LogP contribution in [0.15, 0.2) is 48.8 Å². The number of benzene rings is 1. The van der Waals surface area contributed by atoms with E-state index >= 15 is 0 Å². The zero-order chi connectivity index (χ0) is 11.4. The molecule has 0 fully saturated rings. The summed E-state index contributed by atoms with van der Waals surface area (Å²) in [6.45, 7) is 0.363. The summed E-state index contributed by atoms with van der Waals surface area (Å²) in [4.78, 5) is 0. The summed E-state index contributed by atoms with van der Waals surface area (Å²) >= 11 is 0. The van der Waals surface area contributed by atoms with Crippen molar-refractivity contribution in [3.63, 3.8) is 0 Å². The summed E-state index contributed by atoms with van der Waals surface area (Å²) in [6.07, 6.45) is 3.17. The van der Waals surface area contributed by atoms with Crippen LogP contribution in [-0.2, 0) is 13.2 Å². The van der Waals surface area contributed by atoms with E-state index in [9.17, 15) is 4.39 Å². The predicted octanol–water partition coefficient (Wildman–Crippen LogP) is 1.65. The summed E-state index contributed by atoms with van der Waals surface area (Å²) in [7, 11) is 0. The number of aliphatic hydroxyl groups is 1. The molecule has 0 saturated heterocycles. The van der Waals surface area contributed by atoms with Gasteiger partial charge < -0.3 is 5.11 Å². The van der Waals surface area contributed by atoms with E-state index in [4.69, 9.17) is 5.11 Å². The fraction of sp³-hybridized carbons (Fsp3) is 0.154. The first-order valence-corrected chi connectivity index (χ1v) is 5.12. The highest BCUT2D eigenvalue weighted by molar-refractivity contribution is 5.13. The molecule has 0 amide bonds. The Morgan fingerprint density at radius 3 is 2.50 bits per heavy atom. The largest absolute Gasteiger partial charge is 0.392 e. The third kappa shape index (κ3) is 2.44. The third-order valence-corrected chi connectivity index (χ3v) is 2.43. The molecular weight excluding hydrogens is 205 g/mol. The Morgan fingerprint density at radius 1 is 1.12 bits per heavy atom. The number of halogens is 1. The van der Waals surface area contributed by atoms with Crippen LogP contribution in [0, 0.1) is 5.82 Å². The van der Waals surface area contributed by atoms with Gasteiger partial charge in [0.2, 0.25) is 6.20 Å². The summed E-state index contributed by atoms with van der Waals surface area (Å²) in [6, 6.07) is 11.4. The van der Waals surface area contributed by atoms with Gasteiger partial charge in [-0.2, -0.15) is 8.96 Å². The molecule has 1 N–H and O–H groups in total. The second kappa shape index (κ2) is 4.86. The summed E-state index contributed by atoms with van der Waals surface area (Å²) in [5, 5.41) is 8.85. The first kappa shape index (κ1) is 10.8. The van der Waals surface area contributed by atoms with Crippen molar-refractivity contribution >= 4 is 0 Å². The molecule has 2 rings (SSSR count). The molecule has 1 aromatic carbocycles. The average molecular weight is 218 g/mol. The molecule has 0 saturated carbocycles. The van der Waals surface area contributed by atoms with E-state index in [1.54, 1.807) is 16.8 Å². The molecule has 0 bridgehead atoms. The lowest BCUT2D eigenvalue weighted by Crippen LogP contribution is -2.34. The molecule has 1 heterocycles. The van der Waals surface area contributed by atoms with Gasteiger partial charge in [0.05, 0.1) is 6.61 Å². The molecule has 0 unspecified atom stereocenters. The van der Waals surface area contributed by atoms with Crippen molar-refractivity contribution in [2.45, 2.75) is 13.2 Å². The molecule has 0 aliphatic heterocycles. The van der Waals surface area contributed by atoms with Crippen LogP contribution in [-0.4, -0.2) is 5.11 Å². The standard InChI is InChI=1S/C13H13FNO/c14-13-9-15(7-6-12(13)10-16)8-11-4-2-1-3-5-11/h1-7,9,16H,8,10H2/q+1. The van der Waals surface area contributed by atoms with Crippen molar-refractivity contribution in [1.82, 2.24) is 0 Å². The number of aromatic nitrogens is 1. The van der Waals surface area contributed by atoms with Crippen molar-refractivity contribution in [2.24, 2.45) is 0 Å². The molecule has 2 nitrogen and oxygen atoms in total. The number of aliphatic hydroxyl groups excluding tert-OH is 1. The normalized spacial score (nSPS) is 10.4. The first-order valence-electron chi connectivity index (χ1n) is 5.12. The molecule has 0 aliphatic carbocycles. The molecule has 2 aromatic rings. The third-order valence-electron chi connectivity index (χ3n) is 2.43. The number of hydrogen-bond acceptors (Lipinski definition) is 1. The second-order valence-electron chi connectivity index (χ2n) is 3.63. The lowest BCUT2D eigenvalue weighted by molar-refractivity contribution is -0.689. The number of hydrogen-bond donors (Lipinski definition) is 1. The molecule has 0 atom stereocenters. The highest BCUT2D eigenvalue weighted by Gasteiger charge is 2.08. The molecule has 1 aromatic heterocycles. The summed E-state index contributed by atoms with van der Waals surface area (Å²) < 4.78 is 15.1. The highest BCUT2D eigenvalue weighted by atomic mass is 19.1. The fourth-order valence-electron chi connectivity index (χ4n) is 1.56. The van der Waals surface area contributed by atoms with Crippen molar-refractivity contribution in [2.75, 3.05) is 0 Å². The maximum absolute atomic E-state index is 13.4. The van der Waals surface area contributed by atoms with Crippen LogP contribution in [0.1, 0.15) is 11.1 Å². The molecule has 0 spiro atoms. The molecule has 0 radical (unpaired) electrons. The van der Waals surface area contributed by atoms with Crippen molar-refractivity contribution in [3.8, 4) is 0 Å². The van der Waals surface area contributed by atoms with Gasteiger partial charge in [-0.3, -0.25) is 0 Å². The second-order valence-corrected chi connectivity index (χ2v) is 3.63. The van der Waals surface area contributed by atoms with Crippen molar-refractivity contribution in [1.29, 1.82) is 0 Å². The van der Waals surface area contributed by atoms with Gasteiger partial charge in [-0.25, -0.2) is 0 Å². The van der Waals surface area contributed by atoms with Gasteiger partial charge in [-0.1, -0.05) is 30.3 Å². The van der Waals surface area contributed by atoms with Gasteiger partial charge in [0.15, 0.2) is 18.6 Å². The maximum atomic E-state index is 13.4. The first-order chi connectivity index (χ1) is 7.79. The minimum atomic E-state index is -0.374. The van der Waals surface area contributed by atoms with Gasteiger partial charge >= 0.3 is 0 Å². The van der Waals surface area contributed by atoms with E-state index in [0.29, 0.717) is 12.1 Å². The number of nitrogens with zero attached hydrogens (tertiary/aromatic N) is 1. The Kier molecular flexibility index (Phi) is 3.27. The maximum Gasteiger partial charge on any atom is 0.205 e. The van der Waals surface area contributed by atoms with Gasteiger partial charge in [0, 0.05) is 17.2 Å². The van der Waals surface area contributed by atoms with Crippen LogP contribution < -0.4 is 4.57 Å².